The van der Waals surface area contributed by atoms with Crippen molar-refractivity contribution in [1.82, 2.24) is 5.32 Å². The molecule has 1 atom stereocenters. The van der Waals surface area contributed by atoms with Crippen LogP contribution in [0.1, 0.15) is 23.6 Å². The van der Waals surface area contributed by atoms with Crippen LogP contribution in [0, 0.1) is 0 Å². The first-order valence-electron chi connectivity index (χ1n) is 6.73. The molecule has 3 heteroatoms. The van der Waals surface area contributed by atoms with Crippen molar-refractivity contribution in [3.8, 4) is 0 Å². The molecule has 0 saturated carbocycles. The zero-order chi connectivity index (χ0) is 14.2. The Bertz CT molecular complexity index is 525. The highest BCUT2D eigenvalue weighted by atomic mass is 16.5. The van der Waals surface area contributed by atoms with Crippen LogP contribution in [0.15, 0.2) is 60.7 Å². The minimum atomic E-state index is -0.396. The van der Waals surface area contributed by atoms with Crippen LogP contribution in [0.4, 0.5) is 4.79 Å². The highest BCUT2D eigenvalue weighted by Crippen LogP contribution is 2.19. The molecule has 0 spiro atoms. The van der Waals surface area contributed by atoms with Gasteiger partial charge in [-0.15, -0.1) is 0 Å². The van der Waals surface area contributed by atoms with E-state index in [2.05, 4.69) is 17.4 Å². The Labute approximate surface area is 119 Å². The first-order valence-corrected chi connectivity index (χ1v) is 6.73. The lowest BCUT2D eigenvalue weighted by atomic mass is 9.99. The minimum absolute atomic E-state index is 0.0381. The largest absolute Gasteiger partial charge is 0.453 e. The first-order chi connectivity index (χ1) is 9.79. The molecule has 0 unspecified atom stereocenters. The highest BCUT2D eigenvalue weighted by Gasteiger charge is 2.14. The van der Waals surface area contributed by atoms with Gasteiger partial charge >= 0.3 is 6.09 Å². The van der Waals surface area contributed by atoms with E-state index in [0.717, 1.165) is 18.4 Å². The number of carbonyl (C=O) groups excluding carboxylic acids is 1. The average molecular weight is 269 g/mol. The van der Waals surface area contributed by atoms with Crippen molar-refractivity contribution in [3.05, 3.63) is 71.8 Å². The van der Waals surface area contributed by atoms with E-state index in [-0.39, 0.29) is 6.04 Å². The third-order valence-electron chi connectivity index (χ3n) is 3.24. The summed E-state index contributed by atoms with van der Waals surface area (Å²) in [6.45, 7) is 0. The predicted molar refractivity (Wildman–Crippen MR) is 79.5 cm³/mol. The molecule has 3 nitrogen and oxygen atoms in total. The zero-order valence-corrected chi connectivity index (χ0v) is 11.6. The van der Waals surface area contributed by atoms with Gasteiger partial charge in [0.15, 0.2) is 0 Å². The van der Waals surface area contributed by atoms with E-state index in [1.807, 2.05) is 48.5 Å². The van der Waals surface area contributed by atoms with Crippen molar-refractivity contribution in [2.24, 2.45) is 0 Å². The molecular formula is C17H19NO2. The molecule has 20 heavy (non-hydrogen) atoms. The monoisotopic (exact) mass is 269 g/mol. The van der Waals surface area contributed by atoms with Crippen LogP contribution in [0.25, 0.3) is 0 Å². The number of methoxy groups -OCH3 is 1. The van der Waals surface area contributed by atoms with Gasteiger partial charge in [-0.1, -0.05) is 60.7 Å². The van der Waals surface area contributed by atoms with Crippen molar-refractivity contribution >= 4 is 6.09 Å². The average Bonchev–Trinajstić information content (AvgIpc) is 2.53. The third-order valence-corrected chi connectivity index (χ3v) is 3.24. The lowest BCUT2D eigenvalue weighted by Crippen LogP contribution is -2.28. The summed E-state index contributed by atoms with van der Waals surface area (Å²) < 4.78 is 4.70. The molecule has 1 amide bonds. The number of ether oxygens (including phenoxy) is 1. The molecule has 2 aromatic carbocycles. The van der Waals surface area contributed by atoms with Crippen molar-refractivity contribution in [3.63, 3.8) is 0 Å². The molecule has 2 aromatic rings. The Kier molecular flexibility index (Phi) is 5.18. The fraction of sp³-hybridized carbons (Fsp3) is 0.235. The van der Waals surface area contributed by atoms with Crippen molar-refractivity contribution in [2.75, 3.05) is 7.11 Å². The molecule has 0 aromatic heterocycles. The summed E-state index contributed by atoms with van der Waals surface area (Å²) in [7, 11) is 1.38. The fourth-order valence-corrected chi connectivity index (χ4v) is 2.16. The summed E-state index contributed by atoms with van der Waals surface area (Å²) >= 11 is 0. The number of hydrogen-bond donors (Lipinski definition) is 1. The Morgan fingerprint density at radius 2 is 1.65 bits per heavy atom. The molecule has 1 N–H and O–H groups in total. The number of rotatable bonds is 5. The predicted octanol–water partition coefficient (Wildman–Crippen LogP) is 3.72. The Morgan fingerprint density at radius 1 is 1.05 bits per heavy atom. The van der Waals surface area contributed by atoms with Crippen LogP contribution in [0.2, 0.25) is 0 Å². The number of aryl methyl sites for hydroxylation is 1. The first kappa shape index (κ1) is 14.1. The van der Waals surface area contributed by atoms with Crippen LogP contribution in [0.3, 0.4) is 0 Å². The number of carbonyl (C=O) groups is 1. The van der Waals surface area contributed by atoms with E-state index in [1.165, 1.54) is 12.7 Å². The fourth-order valence-electron chi connectivity index (χ4n) is 2.16. The molecule has 0 aliphatic heterocycles. The molecule has 0 radical (unpaired) electrons. The van der Waals surface area contributed by atoms with E-state index in [1.54, 1.807) is 0 Å². The molecule has 104 valence electrons. The minimum Gasteiger partial charge on any atom is -0.453 e. The van der Waals surface area contributed by atoms with E-state index >= 15 is 0 Å². The highest BCUT2D eigenvalue weighted by molar-refractivity contribution is 5.67. The second-order valence-electron chi connectivity index (χ2n) is 4.62. The lowest BCUT2D eigenvalue weighted by Gasteiger charge is -2.18. The summed E-state index contributed by atoms with van der Waals surface area (Å²) in [6.07, 6.45) is 1.35. The summed E-state index contributed by atoms with van der Waals surface area (Å²) in [5.74, 6) is 0. The molecule has 0 aliphatic rings. The van der Waals surface area contributed by atoms with Crippen LogP contribution in [-0.4, -0.2) is 13.2 Å². The third kappa shape index (κ3) is 4.12. The van der Waals surface area contributed by atoms with Gasteiger partial charge in [0, 0.05) is 0 Å². The number of benzene rings is 2. The second-order valence-corrected chi connectivity index (χ2v) is 4.62. The molecule has 0 bridgehead atoms. The summed E-state index contributed by atoms with van der Waals surface area (Å²) in [5.41, 5.74) is 2.36. The summed E-state index contributed by atoms with van der Waals surface area (Å²) in [6, 6.07) is 20.2. The molecule has 0 aliphatic carbocycles. The Morgan fingerprint density at radius 3 is 2.25 bits per heavy atom. The van der Waals surface area contributed by atoms with Crippen molar-refractivity contribution in [1.29, 1.82) is 0 Å². The van der Waals surface area contributed by atoms with Crippen LogP contribution in [-0.2, 0) is 11.2 Å². The van der Waals surface area contributed by atoms with Gasteiger partial charge in [0.25, 0.3) is 0 Å². The second kappa shape index (κ2) is 7.34. The van der Waals surface area contributed by atoms with E-state index in [0.29, 0.717) is 0 Å². The van der Waals surface area contributed by atoms with E-state index < -0.39 is 6.09 Å². The van der Waals surface area contributed by atoms with Gasteiger partial charge in [-0.3, -0.25) is 0 Å². The maximum absolute atomic E-state index is 11.5. The SMILES string of the molecule is COC(=O)N[C@@H](CCc1ccccc1)c1ccccc1. The quantitative estimate of drug-likeness (QED) is 0.898. The Balaban J connectivity index is 2.05. The van der Waals surface area contributed by atoms with E-state index in [9.17, 15) is 4.79 Å². The van der Waals surface area contributed by atoms with Gasteiger partial charge in [-0.2, -0.15) is 0 Å². The Hall–Kier alpha value is -2.29. The number of amides is 1. The zero-order valence-electron chi connectivity index (χ0n) is 11.6. The van der Waals surface area contributed by atoms with Gasteiger partial charge in [0.05, 0.1) is 13.2 Å². The maximum atomic E-state index is 11.5. The normalized spacial score (nSPS) is 11.7. The van der Waals surface area contributed by atoms with Gasteiger partial charge in [-0.05, 0) is 24.0 Å². The van der Waals surface area contributed by atoms with Gasteiger partial charge in [0.1, 0.15) is 0 Å². The standard InChI is InChI=1S/C17H19NO2/c1-20-17(19)18-16(15-10-6-3-7-11-15)13-12-14-8-4-2-5-9-14/h2-11,16H,12-13H2,1H3,(H,18,19)/t16-/m0/s1. The number of alkyl carbamates (subject to hydrolysis) is 1. The number of nitrogens with one attached hydrogen (secondary N) is 1. The topological polar surface area (TPSA) is 38.3 Å². The molecule has 0 saturated heterocycles. The van der Waals surface area contributed by atoms with Crippen molar-refractivity contribution < 1.29 is 9.53 Å². The van der Waals surface area contributed by atoms with Crippen LogP contribution < -0.4 is 5.32 Å². The maximum Gasteiger partial charge on any atom is 0.407 e. The number of hydrogen-bond acceptors (Lipinski definition) is 2. The van der Waals surface area contributed by atoms with Crippen LogP contribution in [0.5, 0.6) is 0 Å². The van der Waals surface area contributed by atoms with E-state index in [4.69, 9.17) is 4.74 Å². The molecule has 0 heterocycles. The summed E-state index contributed by atoms with van der Waals surface area (Å²) in [5, 5.41) is 2.89. The lowest BCUT2D eigenvalue weighted by molar-refractivity contribution is 0.166. The van der Waals surface area contributed by atoms with Crippen LogP contribution >= 0.6 is 0 Å². The smallest absolute Gasteiger partial charge is 0.407 e. The summed E-state index contributed by atoms with van der Waals surface area (Å²) in [4.78, 5) is 11.5. The van der Waals surface area contributed by atoms with Gasteiger partial charge in [-0.25, -0.2) is 4.79 Å². The van der Waals surface area contributed by atoms with Gasteiger partial charge < -0.3 is 10.1 Å². The van der Waals surface area contributed by atoms with Crippen molar-refractivity contribution in [2.45, 2.75) is 18.9 Å². The molecule has 2 rings (SSSR count). The van der Waals surface area contributed by atoms with Gasteiger partial charge in [0.2, 0.25) is 0 Å². The molecule has 0 fully saturated rings. The molecular weight excluding hydrogens is 250 g/mol.